The Labute approximate surface area is 134 Å². The Kier molecular flexibility index (Phi) is 4.80. The molecule has 0 heterocycles. The molecule has 0 aliphatic rings. The van der Waals surface area contributed by atoms with Crippen LogP contribution in [-0.4, -0.2) is 37.2 Å². The number of carboxylic acid groups (broad SMARTS) is 1. The van der Waals surface area contributed by atoms with Crippen molar-refractivity contribution in [1.82, 2.24) is 4.41 Å². The van der Waals surface area contributed by atoms with Crippen LogP contribution in [0, 0.1) is 6.92 Å². The molecule has 0 saturated carbocycles. The number of carbonyl (C=O) groups is 1. The maximum atomic E-state index is 12.3. The molecule has 0 atom stereocenters. The van der Waals surface area contributed by atoms with Gasteiger partial charge in [0.25, 0.3) is 10.0 Å². The summed E-state index contributed by atoms with van der Waals surface area (Å²) in [4.78, 5) is 10.9. The van der Waals surface area contributed by atoms with Crippen LogP contribution in [0.5, 0.6) is 0 Å². The number of hydrogen-bond donors (Lipinski definition) is 1. The van der Waals surface area contributed by atoms with Crippen LogP contribution < -0.4 is 0 Å². The van der Waals surface area contributed by atoms with Crippen LogP contribution in [0.25, 0.3) is 0 Å². The van der Waals surface area contributed by atoms with Crippen LogP contribution in [0.4, 0.5) is 0 Å². The van der Waals surface area contributed by atoms with Crippen molar-refractivity contribution in [3.63, 3.8) is 0 Å². The number of carboxylic acids is 1. The van der Waals surface area contributed by atoms with Gasteiger partial charge in [-0.3, -0.25) is 0 Å². The normalized spacial score (nSPS) is 11.6. The van der Waals surface area contributed by atoms with Crippen LogP contribution in [0.15, 0.2) is 58.5 Å². The van der Waals surface area contributed by atoms with E-state index in [4.69, 9.17) is 5.11 Å². The van der Waals surface area contributed by atoms with E-state index in [-0.39, 0.29) is 10.5 Å². The monoisotopic (exact) mass is 332 g/mol. The molecule has 0 aliphatic heterocycles. The van der Waals surface area contributed by atoms with E-state index in [2.05, 4.69) is 5.10 Å². The van der Waals surface area contributed by atoms with Crippen LogP contribution in [0.1, 0.15) is 21.5 Å². The van der Waals surface area contributed by atoms with Crippen LogP contribution in [0.2, 0.25) is 0 Å². The highest BCUT2D eigenvalue weighted by Crippen LogP contribution is 2.15. The molecule has 6 nitrogen and oxygen atoms in total. The molecule has 120 valence electrons. The Bertz CT molecular complexity index is 825. The Morgan fingerprint density at radius 2 is 1.65 bits per heavy atom. The highest BCUT2D eigenvalue weighted by atomic mass is 32.2. The van der Waals surface area contributed by atoms with Gasteiger partial charge >= 0.3 is 5.97 Å². The van der Waals surface area contributed by atoms with E-state index in [1.807, 2.05) is 6.92 Å². The number of rotatable bonds is 5. The first-order valence-electron chi connectivity index (χ1n) is 6.73. The van der Waals surface area contributed by atoms with Gasteiger partial charge in [-0.25, -0.2) is 4.79 Å². The number of benzene rings is 2. The second-order valence-electron chi connectivity index (χ2n) is 4.92. The standard InChI is InChI=1S/C16H16N2O4S/c1-12-3-9-15(10-4-12)23(21,22)18(2)17-11-13-5-7-14(8-6-13)16(19)20/h3-11H,1-2H3,(H,19,20)/b17-11-. The highest BCUT2D eigenvalue weighted by molar-refractivity contribution is 7.89. The lowest BCUT2D eigenvalue weighted by Crippen LogP contribution is -2.21. The summed E-state index contributed by atoms with van der Waals surface area (Å²) in [6, 6.07) is 12.5. The van der Waals surface area contributed by atoms with E-state index in [9.17, 15) is 13.2 Å². The summed E-state index contributed by atoms with van der Waals surface area (Å²) in [6.45, 7) is 1.87. The predicted molar refractivity (Wildman–Crippen MR) is 87.1 cm³/mol. The molecule has 23 heavy (non-hydrogen) atoms. The van der Waals surface area contributed by atoms with Crippen molar-refractivity contribution in [1.29, 1.82) is 0 Å². The van der Waals surface area contributed by atoms with Gasteiger partial charge in [-0.05, 0) is 36.8 Å². The fourth-order valence-electron chi connectivity index (χ4n) is 1.78. The van der Waals surface area contributed by atoms with Crippen molar-refractivity contribution in [2.45, 2.75) is 11.8 Å². The Balaban J connectivity index is 2.18. The van der Waals surface area contributed by atoms with Crippen molar-refractivity contribution in [3.05, 3.63) is 65.2 Å². The fourth-order valence-corrected chi connectivity index (χ4v) is 2.74. The molecular weight excluding hydrogens is 316 g/mol. The van der Waals surface area contributed by atoms with Gasteiger partial charge in [-0.1, -0.05) is 29.8 Å². The molecule has 2 aromatic rings. The number of sulfonamides is 1. The van der Waals surface area contributed by atoms with Gasteiger partial charge in [-0.2, -0.15) is 17.9 Å². The number of aromatic carboxylic acids is 1. The molecule has 1 N–H and O–H groups in total. The molecule has 2 rings (SSSR count). The first-order valence-corrected chi connectivity index (χ1v) is 8.17. The van der Waals surface area contributed by atoms with Crippen LogP contribution >= 0.6 is 0 Å². The molecule has 0 fully saturated rings. The first-order chi connectivity index (χ1) is 10.8. The summed E-state index contributed by atoms with van der Waals surface area (Å²) in [5.74, 6) is -1.02. The third-order valence-electron chi connectivity index (χ3n) is 3.19. The first kappa shape index (κ1) is 16.7. The molecule has 0 radical (unpaired) electrons. The Hall–Kier alpha value is -2.67. The Morgan fingerprint density at radius 1 is 1.09 bits per heavy atom. The summed E-state index contributed by atoms with van der Waals surface area (Å²) in [5.41, 5.74) is 1.72. The third kappa shape index (κ3) is 3.95. The Morgan fingerprint density at radius 3 is 2.17 bits per heavy atom. The number of hydrazone groups is 1. The maximum Gasteiger partial charge on any atom is 0.335 e. The molecule has 0 amide bonds. The summed E-state index contributed by atoms with van der Waals surface area (Å²) in [6.07, 6.45) is 1.36. The summed E-state index contributed by atoms with van der Waals surface area (Å²) in [5, 5.41) is 12.7. The van der Waals surface area contributed by atoms with E-state index in [1.165, 1.54) is 37.5 Å². The predicted octanol–water partition coefficient (Wildman–Crippen LogP) is 2.35. The van der Waals surface area contributed by atoms with E-state index in [1.54, 1.807) is 24.3 Å². The minimum Gasteiger partial charge on any atom is -0.478 e. The second-order valence-corrected chi connectivity index (χ2v) is 6.87. The third-order valence-corrected chi connectivity index (χ3v) is 4.85. The average molecular weight is 332 g/mol. The van der Waals surface area contributed by atoms with Gasteiger partial charge in [0.05, 0.1) is 16.7 Å². The number of nitrogens with zero attached hydrogens (tertiary/aromatic N) is 2. The van der Waals surface area contributed by atoms with E-state index in [0.717, 1.165) is 9.98 Å². The van der Waals surface area contributed by atoms with Crippen LogP contribution in [0.3, 0.4) is 0 Å². The van der Waals surface area contributed by atoms with E-state index < -0.39 is 16.0 Å². The molecule has 0 spiro atoms. The van der Waals surface area contributed by atoms with Crippen molar-refractivity contribution < 1.29 is 18.3 Å². The quantitative estimate of drug-likeness (QED) is 0.672. The molecule has 0 aliphatic carbocycles. The summed E-state index contributed by atoms with van der Waals surface area (Å²) >= 11 is 0. The lowest BCUT2D eigenvalue weighted by molar-refractivity contribution is 0.0697. The zero-order valence-electron chi connectivity index (χ0n) is 12.7. The van der Waals surface area contributed by atoms with Gasteiger partial charge in [0.1, 0.15) is 0 Å². The fraction of sp³-hybridized carbons (Fsp3) is 0.125. The number of aryl methyl sites for hydroxylation is 1. The second kappa shape index (κ2) is 6.62. The summed E-state index contributed by atoms with van der Waals surface area (Å²) in [7, 11) is -2.36. The smallest absolute Gasteiger partial charge is 0.335 e. The van der Waals surface area contributed by atoms with E-state index >= 15 is 0 Å². The van der Waals surface area contributed by atoms with Crippen molar-refractivity contribution in [2.75, 3.05) is 7.05 Å². The maximum absolute atomic E-state index is 12.3. The SMILES string of the molecule is Cc1ccc(S(=O)(=O)N(C)/N=C\c2ccc(C(=O)O)cc2)cc1. The lowest BCUT2D eigenvalue weighted by Gasteiger charge is -2.13. The number of hydrogen-bond acceptors (Lipinski definition) is 4. The minimum absolute atomic E-state index is 0.155. The zero-order chi connectivity index (χ0) is 17.0. The molecule has 7 heteroatoms. The largest absolute Gasteiger partial charge is 0.478 e. The molecule has 0 unspecified atom stereocenters. The minimum atomic E-state index is -3.71. The van der Waals surface area contributed by atoms with Gasteiger partial charge in [0.2, 0.25) is 0 Å². The van der Waals surface area contributed by atoms with Gasteiger partial charge in [0.15, 0.2) is 0 Å². The van der Waals surface area contributed by atoms with Crippen molar-refractivity contribution >= 4 is 22.2 Å². The van der Waals surface area contributed by atoms with Crippen LogP contribution in [-0.2, 0) is 10.0 Å². The highest BCUT2D eigenvalue weighted by Gasteiger charge is 2.18. The van der Waals surface area contributed by atoms with Gasteiger partial charge < -0.3 is 5.11 Å². The molecule has 0 aromatic heterocycles. The van der Waals surface area contributed by atoms with E-state index in [0.29, 0.717) is 5.56 Å². The average Bonchev–Trinajstić information content (AvgIpc) is 2.53. The topological polar surface area (TPSA) is 87.0 Å². The summed E-state index contributed by atoms with van der Waals surface area (Å²) < 4.78 is 25.6. The molecular formula is C16H16N2O4S. The molecule has 0 saturated heterocycles. The van der Waals surface area contributed by atoms with Crippen molar-refractivity contribution in [2.24, 2.45) is 5.10 Å². The molecule has 0 bridgehead atoms. The zero-order valence-corrected chi connectivity index (χ0v) is 13.5. The molecule has 2 aromatic carbocycles. The van der Waals surface area contributed by atoms with Gasteiger partial charge in [-0.15, -0.1) is 0 Å². The lowest BCUT2D eigenvalue weighted by atomic mass is 10.1. The van der Waals surface area contributed by atoms with Crippen molar-refractivity contribution in [3.8, 4) is 0 Å². The van der Waals surface area contributed by atoms with Gasteiger partial charge in [0, 0.05) is 7.05 Å².